The van der Waals surface area contributed by atoms with Gasteiger partial charge < -0.3 is 5.32 Å². The van der Waals surface area contributed by atoms with Crippen LogP contribution in [0.1, 0.15) is 28.4 Å². The van der Waals surface area contributed by atoms with Crippen LogP contribution in [0, 0.1) is 6.92 Å². The van der Waals surface area contributed by atoms with Crippen LogP contribution in [-0.4, -0.2) is 27.4 Å². The van der Waals surface area contributed by atoms with Gasteiger partial charge >= 0.3 is 0 Å². The zero-order valence-corrected chi connectivity index (χ0v) is 12.7. The molecule has 0 spiro atoms. The highest BCUT2D eigenvalue weighted by Gasteiger charge is 2.09. The summed E-state index contributed by atoms with van der Waals surface area (Å²) < 4.78 is 1.85. The molecule has 1 aromatic heterocycles. The van der Waals surface area contributed by atoms with Crippen LogP contribution in [0.5, 0.6) is 0 Å². The molecular formula is C17H18N4O. The summed E-state index contributed by atoms with van der Waals surface area (Å²) in [6, 6.07) is 13.8. The van der Waals surface area contributed by atoms with Crippen molar-refractivity contribution in [3.63, 3.8) is 0 Å². The Morgan fingerprint density at radius 1 is 1.18 bits per heavy atom. The fourth-order valence-corrected chi connectivity index (χ4v) is 2.36. The van der Waals surface area contributed by atoms with E-state index in [4.69, 9.17) is 0 Å². The van der Waals surface area contributed by atoms with Crippen LogP contribution in [0.4, 0.5) is 0 Å². The second-order valence-electron chi connectivity index (χ2n) is 5.30. The smallest absolute Gasteiger partial charge is 0.251 e. The highest BCUT2D eigenvalue weighted by Crippen LogP contribution is 2.15. The van der Waals surface area contributed by atoms with Gasteiger partial charge in [-0.05, 0) is 37.6 Å². The van der Waals surface area contributed by atoms with Gasteiger partial charge in [0.2, 0.25) is 0 Å². The van der Waals surface area contributed by atoms with Crippen molar-refractivity contribution in [2.75, 3.05) is 6.54 Å². The molecule has 5 heteroatoms. The lowest BCUT2D eigenvalue weighted by Crippen LogP contribution is -2.22. The summed E-state index contributed by atoms with van der Waals surface area (Å²) in [6.45, 7) is 5.24. The number of carbonyl (C=O) groups is 1. The van der Waals surface area contributed by atoms with Crippen molar-refractivity contribution in [2.45, 2.75) is 20.4 Å². The summed E-state index contributed by atoms with van der Waals surface area (Å²) in [5.41, 5.74) is 4.67. The molecule has 3 rings (SSSR count). The Morgan fingerprint density at radius 2 is 1.95 bits per heavy atom. The zero-order valence-electron chi connectivity index (χ0n) is 12.7. The van der Waals surface area contributed by atoms with Gasteiger partial charge in [0, 0.05) is 12.1 Å². The number of hydrogen-bond donors (Lipinski definition) is 1. The van der Waals surface area contributed by atoms with Crippen molar-refractivity contribution in [3.05, 3.63) is 59.2 Å². The molecule has 0 radical (unpaired) electrons. The minimum atomic E-state index is -0.0857. The summed E-state index contributed by atoms with van der Waals surface area (Å²) in [6.07, 6.45) is 0. The first kappa shape index (κ1) is 14.3. The van der Waals surface area contributed by atoms with Crippen molar-refractivity contribution < 1.29 is 4.79 Å². The van der Waals surface area contributed by atoms with E-state index in [-0.39, 0.29) is 5.91 Å². The van der Waals surface area contributed by atoms with E-state index < -0.39 is 0 Å². The number of amides is 1. The number of fused-ring (bicyclic) bond motifs is 1. The Hall–Kier alpha value is -2.69. The largest absolute Gasteiger partial charge is 0.352 e. The third kappa shape index (κ3) is 2.83. The van der Waals surface area contributed by atoms with Crippen LogP contribution in [-0.2, 0) is 6.54 Å². The van der Waals surface area contributed by atoms with Gasteiger partial charge in [0.15, 0.2) is 0 Å². The molecule has 0 unspecified atom stereocenters. The molecule has 1 amide bonds. The van der Waals surface area contributed by atoms with E-state index in [1.807, 2.05) is 23.7 Å². The predicted octanol–water partition coefficient (Wildman–Crippen LogP) is 2.54. The van der Waals surface area contributed by atoms with Gasteiger partial charge in [-0.25, -0.2) is 4.68 Å². The normalized spacial score (nSPS) is 10.8. The lowest BCUT2D eigenvalue weighted by molar-refractivity contribution is 0.0956. The molecule has 1 heterocycles. The molecule has 2 aromatic carbocycles. The molecule has 1 N–H and O–H groups in total. The lowest BCUT2D eigenvalue weighted by atomic mass is 10.1. The molecule has 0 aliphatic heterocycles. The Labute approximate surface area is 129 Å². The fourth-order valence-electron chi connectivity index (χ4n) is 2.36. The molecule has 0 saturated carbocycles. The van der Waals surface area contributed by atoms with Crippen molar-refractivity contribution >= 4 is 16.9 Å². The van der Waals surface area contributed by atoms with E-state index >= 15 is 0 Å². The van der Waals surface area contributed by atoms with Gasteiger partial charge in [0.1, 0.15) is 5.52 Å². The number of rotatable bonds is 4. The number of nitrogens with one attached hydrogen (secondary N) is 1. The molecule has 5 nitrogen and oxygen atoms in total. The zero-order chi connectivity index (χ0) is 15.5. The average molecular weight is 294 g/mol. The van der Waals surface area contributed by atoms with Gasteiger partial charge in [-0.2, -0.15) is 0 Å². The molecule has 0 atom stereocenters. The minimum Gasteiger partial charge on any atom is -0.352 e. The van der Waals surface area contributed by atoms with Crippen LogP contribution in [0.2, 0.25) is 0 Å². The standard InChI is InChI=1S/C17H18N4O/c1-3-18-17(22)14-8-9-16-15(10-14)19-20-21(16)11-13-6-4-12(2)5-7-13/h4-10H,3,11H2,1-2H3,(H,18,22). The third-order valence-corrected chi connectivity index (χ3v) is 3.57. The van der Waals surface area contributed by atoms with Crippen LogP contribution in [0.25, 0.3) is 11.0 Å². The number of aromatic nitrogens is 3. The van der Waals surface area contributed by atoms with Crippen LogP contribution >= 0.6 is 0 Å². The molecule has 3 aromatic rings. The van der Waals surface area contributed by atoms with Crippen LogP contribution in [0.15, 0.2) is 42.5 Å². The van der Waals surface area contributed by atoms with E-state index in [1.165, 1.54) is 11.1 Å². The van der Waals surface area contributed by atoms with Crippen molar-refractivity contribution in [2.24, 2.45) is 0 Å². The van der Waals surface area contributed by atoms with E-state index in [2.05, 4.69) is 46.8 Å². The molecular weight excluding hydrogens is 276 g/mol. The molecule has 0 aliphatic carbocycles. The first-order valence-electron chi connectivity index (χ1n) is 7.34. The highest BCUT2D eigenvalue weighted by atomic mass is 16.1. The van der Waals surface area contributed by atoms with Gasteiger partial charge in [0.05, 0.1) is 12.1 Å². The van der Waals surface area contributed by atoms with Crippen molar-refractivity contribution in [3.8, 4) is 0 Å². The number of benzene rings is 2. The Morgan fingerprint density at radius 3 is 2.68 bits per heavy atom. The third-order valence-electron chi connectivity index (χ3n) is 3.57. The van der Waals surface area contributed by atoms with Crippen LogP contribution < -0.4 is 5.32 Å². The quantitative estimate of drug-likeness (QED) is 0.804. The molecule has 0 fully saturated rings. The topological polar surface area (TPSA) is 59.8 Å². The molecule has 0 aliphatic rings. The summed E-state index contributed by atoms with van der Waals surface area (Å²) >= 11 is 0. The summed E-state index contributed by atoms with van der Waals surface area (Å²) in [7, 11) is 0. The molecule has 22 heavy (non-hydrogen) atoms. The van der Waals surface area contributed by atoms with E-state index in [1.54, 1.807) is 6.07 Å². The lowest BCUT2D eigenvalue weighted by Gasteiger charge is -2.04. The number of hydrogen-bond acceptors (Lipinski definition) is 3. The number of aryl methyl sites for hydroxylation is 1. The maximum absolute atomic E-state index is 11.9. The van der Waals surface area contributed by atoms with Gasteiger partial charge in [-0.1, -0.05) is 35.0 Å². The predicted molar refractivity (Wildman–Crippen MR) is 85.8 cm³/mol. The molecule has 0 saturated heterocycles. The van der Waals surface area contributed by atoms with Crippen LogP contribution in [0.3, 0.4) is 0 Å². The fraction of sp³-hybridized carbons (Fsp3) is 0.235. The van der Waals surface area contributed by atoms with E-state index in [9.17, 15) is 4.79 Å². The molecule has 0 bridgehead atoms. The van der Waals surface area contributed by atoms with Crippen molar-refractivity contribution in [1.29, 1.82) is 0 Å². The summed E-state index contributed by atoms with van der Waals surface area (Å²) in [4.78, 5) is 11.9. The van der Waals surface area contributed by atoms with Gasteiger partial charge in [-0.3, -0.25) is 4.79 Å². The maximum atomic E-state index is 11.9. The number of carbonyl (C=O) groups excluding carboxylic acids is 1. The van der Waals surface area contributed by atoms with Gasteiger partial charge in [-0.15, -0.1) is 5.10 Å². The number of nitrogens with zero attached hydrogens (tertiary/aromatic N) is 3. The second kappa shape index (κ2) is 5.97. The first-order chi connectivity index (χ1) is 10.7. The Kier molecular flexibility index (Phi) is 3.87. The van der Waals surface area contributed by atoms with E-state index in [0.29, 0.717) is 18.7 Å². The monoisotopic (exact) mass is 294 g/mol. The van der Waals surface area contributed by atoms with Crippen molar-refractivity contribution in [1.82, 2.24) is 20.3 Å². The maximum Gasteiger partial charge on any atom is 0.251 e. The SMILES string of the molecule is CCNC(=O)c1ccc2c(c1)nnn2Cc1ccc(C)cc1. The van der Waals surface area contributed by atoms with Gasteiger partial charge in [0.25, 0.3) is 5.91 Å². The average Bonchev–Trinajstić information content (AvgIpc) is 2.92. The second-order valence-corrected chi connectivity index (χ2v) is 5.30. The minimum absolute atomic E-state index is 0.0857. The summed E-state index contributed by atoms with van der Waals surface area (Å²) in [5.74, 6) is -0.0857. The Bertz CT molecular complexity index is 805. The van der Waals surface area contributed by atoms with E-state index in [0.717, 1.165) is 11.0 Å². The summed E-state index contributed by atoms with van der Waals surface area (Å²) in [5, 5.41) is 11.1. The molecule has 112 valence electrons. The highest BCUT2D eigenvalue weighted by molar-refractivity contribution is 5.97. The Balaban J connectivity index is 1.89. The first-order valence-corrected chi connectivity index (χ1v) is 7.34.